The van der Waals surface area contributed by atoms with Crippen LogP contribution in [0.1, 0.15) is 34.9 Å². The Morgan fingerprint density at radius 2 is 2.27 bits per heavy atom. The maximum absolute atomic E-state index is 11.0. The number of nitro groups is 1. The highest BCUT2D eigenvalue weighted by Crippen LogP contribution is 2.39. The maximum Gasteiger partial charge on any atom is 0.353 e. The largest absolute Gasteiger partial charge is 0.477 e. The number of hydrogen-bond donors (Lipinski definition) is 1. The Kier molecular flexibility index (Phi) is 1.99. The summed E-state index contributed by atoms with van der Waals surface area (Å²) in [5.74, 6) is -1.10. The van der Waals surface area contributed by atoms with Gasteiger partial charge in [0.1, 0.15) is 5.69 Å². The predicted octanol–water partition coefficient (Wildman–Crippen LogP) is 1.74. The van der Waals surface area contributed by atoms with E-state index >= 15 is 0 Å². The van der Waals surface area contributed by atoms with Gasteiger partial charge in [-0.25, -0.2) is 4.79 Å². The smallest absolute Gasteiger partial charge is 0.353 e. The molecular weight excluding hydrogens is 200 g/mol. The molecule has 1 saturated carbocycles. The Bertz CT molecular complexity index is 445. The minimum absolute atomic E-state index is 0.0456. The van der Waals surface area contributed by atoms with Crippen LogP contribution in [0.5, 0.6) is 0 Å². The van der Waals surface area contributed by atoms with E-state index in [9.17, 15) is 14.9 Å². The molecule has 0 radical (unpaired) electrons. The van der Waals surface area contributed by atoms with Crippen molar-refractivity contribution in [1.82, 2.24) is 4.57 Å². The first-order chi connectivity index (χ1) is 7.02. The summed E-state index contributed by atoms with van der Waals surface area (Å²) in [6.07, 6.45) is 3.12. The van der Waals surface area contributed by atoms with Gasteiger partial charge in [0.25, 0.3) is 5.69 Å². The van der Waals surface area contributed by atoms with Gasteiger partial charge in [0.05, 0.1) is 16.7 Å². The Morgan fingerprint density at radius 3 is 2.67 bits per heavy atom. The van der Waals surface area contributed by atoms with Crippen molar-refractivity contribution in [2.24, 2.45) is 0 Å². The molecule has 0 amide bonds. The lowest BCUT2D eigenvalue weighted by molar-refractivity contribution is -0.385. The van der Waals surface area contributed by atoms with E-state index in [2.05, 4.69) is 0 Å². The summed E-state index contributed by atoms with van der Waals surface area (Å²) in [4.78, 5) is 21.1. The van der Waals surface area contributed by atoms with E-state index in [1.54, 1.807) is 0 Å². The molecule has 1 aliphatic rings. The van der Waals surface area contributed by atoms with Crippen LogP contribution < -0.4 is 0 Å². The number of aromatic carboxylic acids is 1. The van der Waals surface area contributed by atoms with Crippen LogP contribution in [0, 0.1) is 17.0 Å². The van der Waals surface area contributed by atoms with Gasteiger partial charge in [-0.2, -0.15) is 0 Å². The molecule has 0 unspecified atom stereocenters. The summed E-state index contributed by atoms with van der Waals surface area (Å²) in [6.45, 7) is 1.47. The molecule has 1 aliphatic carbocycles. The van der Waals surface area contributed by atoms with E-state index in [4.69, 9.17) is 5.11 Å². The number of rotatable bonds is 3. The molecule has 80 valence electrons. The second-order valence-electron chi connectivity index (χ2n) is 3.69. The van der Waals surface area contributed by atoms with Gasteiger partial charge in [-0.05, 0) is 19.8 Å². The van der Waals surface area contributed by atoms with Crippen LogP contribution in [0.15, 0.2) is 6.20 Å². The van der Waals surface area contributed by atoms with Crippen LogP contribution >= 0.6 is 0 Å². The Balaban J connectivity index is 2.58. The molecule has 6 nitrogen and oxygen atoms in total. The minimum Gasteiger partial charge on any atom is -0.477 e. The lowest BCUT2D eigenvalue weighted by atomic mass is 10.2. The third-order valence-electron chi connectivity index (χ3n) is 2.60. The molecule has 15 heavy (non-hydrogen) atoms. The van der Waals surface area contributed by atoms with Gasteiger partial charge in [-0.3, -0.25) is 10.1 Å². The molecule has 6 heteroatoms. The second kappa shape index (κ2) is 3.08. The molecule has 1 aromatic heterocycles. The summed E-state index contributed by atoms with van der Waals surface area (Å²) in [5, 5.41) is 19.6. The van der Waals surface area contributed by atoms with Crippen LogP contribution in [0.4, 0.5) is 5.69 Å². The molecule has 1 N–H and O–H groups in total. The maximum atomic E-state index is 11.0. The summed E-state index contributed by atoms with van der Waals surface area (Å²) in [6, 6.07) is 0.128. The first-order valence-corrected chi connectivity index (χ1v) is 4.61. The third kappa shape index (κ3) is 1.47. The van der Waals surface area contributed by atoms with Crippen molar-refractivity contribution in [3.63, 3.8) is 0 Å². The SMILES string of the molecule is Cc1c([N+](=O)[O-])cn(C2CC2)c1C(=O)O. The second-order valence-corrected chi connectivity index (χ2v) is 3.69. The first-order valence-electron chi connectivity index (χ1n) is 4.61. The van der Waals surface area contributed by atoms with Crippen molar-refractivity contribution in [2.45, 2.75) is 25.8 Å². The van der Waals surface area contributed by atoms with Crippen LogP contribution in [0.25, 0.3) is 0 Å². The van der Waals surface area contributed by atoms with Crippen LogP contribution in [0.2, 0.25) is 0 Å². The average molecular weight is 210 g/mol. The molecule has 0 bridgehead atoms. The molecule has 1 aromatic rings. The first kappa shape index (κ1) is 9.70. The highest BCUT2D eigenvalue weighted by atomic mass is 16.6. The fraction of sp³-hybridized carbons (Fsp3) is 0.444. The number of aromatic nitrogens is 1. The normalized spacial score (nSPS) is 15.3. The standard InChI is InChI=1S/C9H10N2O4/c1-5-7(11(14)15)4-10(6-2-3-6)8(5)9(12)13/h4,6H,2-3H2,1H3,(H,12,13). The van der Waals surface area contributed by atoms with E-state index in [1.807, 2.05) is 0 Å². The topological polar surface area (TPSA) is 85.4 Å². The van der Waals surface area contributed by atoms with Crippen LogP contribution in [-0.2, 0) is 0 Å². The average Bonchev–Trinajstić information content (AvgIpc) is 2.89. The zero-order valence-electron chi connectivity index (χ0n) is 8.14. The number of hydrogen-bond acceptors (Lipinski definition) is 3. The van der Waals surface area contributed by atoms with E-state index in [0.29, 0.717) is 0 Å². The summed E-state index contributed by atoms with van der Waals surface area (Å²) < 4.78 is 1.51. The van der Waals surface area contributed by atoms with Gasteiger partial charge in [0.2, 0.25) is 0 Å². The number of carbonyl (C=O) groups is 1. The third-order valence-corrected chi connectivity index (χ3v) is 2.60. The van der Waals surface area contributed by atoms with Gasteiger partial charge in [-0.1, -0.05) is 0 Å². The van der Waals surface area contributed by atoms with Crippen LogP contribution in [-0.4, -0.2) is 20.6 Å². The monoisotopic (exact) mass is 210 g/mol. The van der Waals surface area contributed by atoms with Gasteiger partial charge >= 0.3 is 5.97 Å². The van der Waals surface area contributed by atoms with Crippen molar-refractivity contribution >= 4 is 11.7 Å². The predicted molar refractivity (Wildman–Crippen MR) is 51.1 cm³/mol. The molecule has 1 heterocycles. The molecule has 1 fully saturated rings. The molecule has 0 saturated heterocycles. The zero-order valence-corrected chi connectivity index (χ0v) is 8.14. The zero-order chi connectivity index (χ0) is 11.2. The van der Waals surface area contributed by atoms with Gasteiger partial charge in [0.15, 0.2) is 0 Å². The minimum atomic E-state index is -1.10. The van der Waals surface area contributed by atoms with Gasteiger partial charge in [0, 0.05) is 6.04 Å². The lowest BCUT2D eigenvalue weighted by Gasteiger charge is -2.02. The fourth-order valence-electron chi connectivity index (χ4n) is 1.70. The number of carboxylic acids is 1. The van der Waals surface area contributed by atoms with Crippen LogP contribution in [0.3, 0.4) is 0 Å². The highest BCUT2D eigenvalue weighted by Gasteiger charge is 2.33. The Hall–Kier alpha value is -1.85. The van der Waals surface area contributed by atoms with E-state index in [0.717, 1.165) is 12.8 Å². The molecule has 0 aliphatic heterocycles. The highest BCUT2D eigenvalue weighted by molar-refractivity contribution is 5.89. The number of carboxylic acid groups (broad SMARTS) is 1. The summed E-state index contributed by atoms with van der Waals surface area (Å²) in [7, 11) is 0. The van der Waals surface area contributed by atoms with E-state index < -0.39 is 10.9 Å². The Labute approximate surface area is 85.3 Å². The van der Waals surface area contributed by atoms with Crippen molar-refractivity contribution in [2.75, 3.05) is 0 Å². The van der Waals surface area contributed by atoms with Crippen molar-refractivity contribution in [3.05, 3.63) is 27.6 Å². The summed E-state index contributed by atoms with van der Waals surface area (Å²) >= 11 is 0. The van der Waals surface area contributed by atoms with Crippen molar-refractivity contribution < 1.29 is 14.8 Å². The number of nitrogens with zero attached hydrogens (tertiary/aromatic N) is 2. The van der Waals surface area contributed by atoms with E-state index in [-0.39, 0.29) is 23.0 Å². The molecule has 0 atom stereocenters. The summed E-state index contributed by atoms with van der Waals surface area (Å²) in [5.41, 5.74) is 0.169. The molecule has 2 rings (SSSR count). The Morgan fingerprint density at radius 1 is 1.67 bits per heavy atom. The molecule has 0 spiro atoms. The molecule has 0 aromatic carbocycles. The van der Waals surface area contributed by atoms with Crippen molar-refractivity contribution in [1.29, 1.82) is 0 Å². The van der Waals surface area contributed by atoms with Gasteiger partial charge < -0.3 is 9.67 Å². The van der Waals surface area contributed by atoms with E-state index in [1.165, 1.54) is 17.7 Å². The van der Waals surface area contributed by atoms with Crippen molar-refractivity contribution in [3.8, 4) is 0 Å². The molecular formula is C9H10N2O4. The fourth-order valence-corrected chi connectivity index (χ4v) is 1.70. The van der Waals surface area contributed by atoms with Gasteiger partial charge in [-0.15, -0.1) is 0 Å². The quantitative estimate of drug-likeness (QED) is 0.608. The lowest BCUT2D eigenvalue weighted by Crippen LogP contribution is -2.07.